The lowest BCUT2D eigenvalue weighted by Crippen LogP contribution is -2.06. The number of nitrogens with zero attached hydrogens (tertiary/aromatic N) is 1. The summed E-state index contributed by atoms with van der Waals surface area (Å²) in [5.74, 6) is -0.496. The first kappa shape index (κ1) is 26.5. The lowest BCUT2D eigenvalue weighted by molar-refractivity contribution is -0.138. The molecule has 0 bridgehead atoms. The maximum atomic E-state index is 13.0. The van der Waals surface area contributed by atoms with Gasteiger partial charge in [-0.05, 0) is 41.0 Å². The number of alkyl halides is 6. The van der Waals surface area contributed by atoms with Crippen molar-refractivity contribution in [2.45, 2.75) is 12.4 Å². The van der Waals surface area contributed by atoms with E-state index in [1.165, 1.54) is 42.5 Å². The zero-order chi connectivity index (χ0) is 27.3. The second-order valence-electron chi connectivity index (χ2n) is 8.02. The zero-order valence-corrected chi connectivity index (χ0v) is 19.3. The van der Waals surface area contributed by atoms with Crippen molar-refractivity contribution >= 4 is 17.4 Å². The second-order valence-corrected chi connectivity index (χ2v) is 8.02. The summed E-state index contributed by atoms with van der Waals surface area (Å²) in [7, 11) is 0. The van der Waals surface area contributed by atoms with E-state index in [1.807, 2.05) is 30.3 Å². The minimum absolute atomic E-state index is 0.0909. The lowest BCUT2D eigenvalue weighted by atomic mass is 9.95. The molecule has 0 aliphatic rings. The first-order valence-electron chi connectivity index (χ1n) is 11.1. The van der Waals surface area contributed by atoms with Gasteiger partial charge in [-0.25, -0.2) is 0 Å². The van der Waals surface area contributed by atoms with E-state index in [4.69, 9.17) is 4.52 Å². The Morgan fingerprint density at radius 1 is 0.763 bits per heavy atom. The molecule has 3 aromatic carbocycles. The number of anilines is 1. The summed E-state index contributed by atoms with van der Waals surface area (Å²) < 4.78 is 83.0. The minimum Gasteiger partial charge on any atom is -0.338 e. The highest BCUT2D eigenvalue weighted by atomic mass is 19.4. The van der Waals surface area contributed by atoms with E-state index in [0.29, 0.717) is 22.4 Å². The third-order valence-electron chi connectivity index (χ3n) is 5.38. The highest BCUT2D eigenvalue weighted by Crippen LogP contribution is 2.33. The fraction of sp³-hybridized carbons (Fsp3) is 0.0714. The van der Waals surface area contributed by atoms with Gasteiger partial charge in [-0.1, -0.05) is 71.9 Å². The van der Waals surface area contributed by atoms with Crippen LogP contribution in [-0.2, 0) is 17.1 Å². The average Bonchev–Trinajstić information content (AvgIpc) is 3.35. The molecule has 10 heteroatoms. The highest BCUT2D eigenvalue weighted by Gasteiger charge is 2.31. The van der Waals surface area contributed by atoms with Crippen LogP contribution in [-0.4, -0.2) is 11.1 Å². The third-order valence-corrected chi connectivity index (χ3v) is 5.38. The van der Waals surface area contributed by atoms with Gasteiger partial charge in [0, 0.05) is 17.7 Å². The predicted octanol–water partition coefficient (Wildman–Crippen LogP) is 8.01. The molecule has 4 rings (SSSR count). The van der Waals surface area contributed by atoms with Crippen LogP contribution in [0.3, 0.4) is 0 Å². The number of rotatable bonds is 6. The summed E-state index contributed by atoms with van der Waals surface area (Å²) in [5, 5.41) is 6.39. The quantitative estimate of drug-likeness (QED) is 0.157. The summed E-state index contributed by atoms with van der Waals surface area (Å²) in [4.78, 5) is 12.4. The van der Waals surface area contributed by atoms with E-state index in [1.54, 1.807) is 0 Å². The van der Waals surface area contributed by atoms with Gasteiger partial charge in [0.2, 0.25) is 5.88 Å². The Kier molecular flexibility index (Phi) is 7.52. The van der Waals surface area contributed by atoms with Crippen LogP contribution in [0.5, 0.6) is 0 Å². The molecule has 1 amide bonds. The van der Waals surface area contributed by atoms with E-state index in [2.05, 4.69) is 10.5 Å². The number of carbonyl (C=O) groups is 1. The number of carbonyl (C=O) groups excluding carboxylic acids is 1. The Balaban J connectivity index is 1.57. The number of allylic oxidation sites excluding steroid dienone is 2. The molecular weight excluding hydrogens is 510 g/mol. The molecule has 1 N–H and O–H groups in total. The van der Waals surface area contributed by atoms with Crippen molar-refractivity contribution in [3.63, 3.8) is 0 Å². The first-order chi connectivity index (χ1) is 18.0. The van der Waals surface area contributed by atoms with Crippen molar-refractivity contribution in [2.24, 2.45) is 0 Å². The normalized spacial score (nSPS) is 11.9. The van der Waals surface area contributed by atoms with Crippen LogP contribution < -0.4 is 5.32 Å². The van der Waals surface area contributed by atoms with Crippen molar-refractivity contribution in [3.05, 3.63) is 125 Å². The summed E-state index contributed by atoms with van der Waals surface area (Å²) in [6, 6.07) is 19.0. The van der Waals surface area contributed by atoms with Gasteiger partial charge in [-0.3, -0.25) is 10.1 Å². The van der Waals surface area contributed by atoms with Crippen molar-refractivity contribution in [3.8, 4) is 11.3 Å². The molecule has 1 heterocycles. The van der Waals surface area contributed by atoms with E-state index in [9.17, 15) is 31.1 Å². The molecular formula is C28H18F6N2O2. The molecule has 0 fully saturated rings. The zero-order valence-electron chi connectivity index (χ0n) is 19.3. The topological polar surface area (TPSA) is 55.1 Å². The Labute approximate surface area is 212 Å². The lowest BCUT2D eigenvalue weighted by Gasteiger charge is -2.12. The molecule has 0 saturated heterocycles. The van der Waals surface area contributed by atoms with E-state index in [-0.39, 0.29) is 5.88 Å². The standard InChI is InChI=1S/C28H18F6N2O2/c29-27(30,31)21-13-9-18(10-14-21)23(19-11-15-22(16-12-19)28(32,33)34)7-4-8-25(37)35-26-17-24(36-38-26)20-5-2-1-3-6-20/h1-17H,(H,35,37). The van der Waals surface area contributed by atoms with Gasteiger partial charge in [0.05, 0.1) is 11.1 Å². The molecule has 0 unspecified atom stereocenters. The molecule has 4 aromatic rings. The first-order valence-corrected chi connectivity index (χ1v) is 11.1. The molecule has 0 radical (unpaired) electrons. The monoisotopic (exact) mass is 528 g/mol. The number of hydrogen-bond acceptors (Lipinski definition) is 3. The van der Waals surface area contributed by atoms with Gasteiger partial charge in [0.25, 0.3) is 5.91 Å². The fourth-order valence-electron chi connectivity index (χ4n) is 3.51. The number of aromatic nitrogens is 1. The second kappa shape index (κ2) is 10.8. The Morgan fingerprint density at radius 3 is 1.79 bits per heavy atom. The molecule has 0 aliphatic heterocycles. The van der Waals surface area contributed by atoms with Crippen molar-refractivity contribution in [2.75, 3.05) is 5.32 Å². The Morgan fingerprint density at radius 2 is 1.29 bits per heavy atom. The van der Waals surface area contributed by atoms with Gasteiger partial charge in [0.1, 0.15) is 5.69 Å². The summed E-state index contributed by atoms with van der Waals surface area (Å²) in [6.07, 6.45) is -5.21. The van der Waals surface area contributed by atoms with Crippen LogP contribution in [0.25, 0.3) is 16.8 Å². The van der Waals surface area contributed by atoms with E-state index < -0.39 is 29.4 Å². The number of amides is 1. The van der Waals surface area contributed by atoms with Gasteiger partial charge in [-0.15, -0.1) is 0 Å². The fourth-order valence-corrected chi connectivity index (χ4v) is 3.51. The summed E-state index contributed by atoms with van der Waals surface area (Å²) in [5.41, 5.74) is 0.484. The van der Waals surface area contributed by atoms with Crippen LogP contribution in [0.15, 0.2) is 108 Å². The van der Waals surface area contributed by atoms with Crippen LogP contribution in [0, 0.1) is 0 Å². The molecule has 0 atom stereocenters. The largest absolute Gasteiger partial charge is 0.416 e. The smallest absolute Gasteiger partial charge is 0.338 e. The van der Waals surface area contributed by atoms with Gasteiger partial charge in [0.15, 0.2) is 0 Å². The Hall–Kier alpha value is -4.60. The van der Waals surface area contributed by atoms with Crippen molar-refractivity contribution < 1.29 is 35.7 Å². The highest BCUT2D eigenvalue weighted by molar-refractivity contribution is 5.99. The predicted molar refractivity (Wildman–Crippen MR) is 130 cm³/mol. The summed E-state index contributed by atoms with van der Waals surface area (Å²) in [6.45, 7) is 0. The summed E-state index contributed by atoms with van der Waals surface area (Å²) >= 11 is 0. The van der Waals surface area contributed by atoms with Crippen LogP contribution in [0.4, 0.5) is 32.2 Å². The molecule has 38 heavy (non-hydrogen) atoms. The molecule has 0 spiro atoms. The van der Waals surface area contributed by atoms with Gasteiger partial charge in [-0.2, -0.15) is 26.3 Å². The maximum absolute atomic E-state index is 13.0. The molecule has 0 aliphatic carbocycles. The van der Waals surface area contributed by atoms with Crippen LogP contribution >= 0.6 is 0 Å². The molecule has 4 nitrogen and oxygen atoms in total. The molecule has 1 aromatic heterocycles. The number of hydrogen-bond donors (Lipinski definition) is 1. The van der Waals surface area contributed by atoms with Gasteiger partial charge >= 0.3 is 12.4 Å². The Bertz CT molecular complexity index is 1390. The third kappa shape index (κ3) is 6.58. The number of benzene rings is 3. The molecule has 194 valence electrons. The van der Waals surface area contributed by atoms with Crippen molar-refractivity contribution in [1.29, 1.82) is 0 Å². The molecule has 0 saturated carbocycles. The average molecular weight is 528 g/mol. The number of nitrogens with one attached hydrogen (secondary N) is 1. The van der Waals surface area contributed by atoms with Crippen LogP contribution in [0.2, 0.25) is 0 Å². The SMILES string of the molecule is O=C(C=CC=C(c1ccc(C(F)(F)F)cc1)c1ccc(C(F)(F)F)cc1)Nc1cc(-c2ccccc2)no1. The van der Waals surface area contributed by atoms with E-state index >= 15 is 0 Å². The van der Waals surface area contributed by atoms with Crippen LogP contribution in [0.1, 0.15) is 22.3 Å². The van der Waals surface area contributed by atoms with Crippen molar-refractivity contribution in [1.82, 2.24) is 5.16 Å². The number of halogens is 6. The minimum atomic E-state index is -4.55. The van der Waals surface area contributed by atoms with Gasteiger partial charge < -0.3 is 4.52 Å². The van der Waals surface area contributed by atoms with E-state index in [0.717, 1.165) is 35.9 Å². The maximum Gasteiger partial charge on any atom is 0.416 e.